The molecule has 0 saturated carbocycles. The molecule has 0 rings (SSSR count). The molecule has 0 aromatic rings. The topological polar surface area (TPSA) is 53.5 Å². The van der Waals surface area contributed by atoms with Crippen LogP contribution in [0.25, 0.3) is 5.53 Å². The standard InChI is InChI=1S/C6H7F3N2O/c7-6(8,9)4-5(12)2-1-3-11-10/h3H,1-2,4H2. The average Bonchev–Trinajstić information content (AvgIpc) is 1.84. The minimum Gasteiger partial charge on any atom is -0.362 e. The van der Waals surface area contributed by atoms with Crippen LogP contribution >= 0.6 is 0 Å². The van der Waals surface area contributed by atoms with Crippen molar-refractivity contribution in [2.75, 3.05) is 0 Å². The largest absolute Gasteiger partial charge is 0.395 e. The van der Waals surface area contributed by atoms with Gasteiger partial charge >= 0.3 is 6.18 Å². The molecule has 0 aromatic carbocycles. The first-order valence-corrected chi connectivity index (χ1v) is 3.20. The van der Waals surface area contributed by atoms with Crippen LogP contribution < -0.4 is 0 Å². The molecule has 0 saturated heterocycles. The fourth-order valence-corrected chi connectivity index (χ4v) is 0.595. The number of alkyl halides is 3. The summed E-state index contributed by atoms with van der Waals surface area (Å²) in [5.41, 5.74) is 7.85. The molecule has 12 heavy (non-hydrogen) atoms. The molecule has 0 aliphatic carbocycles. The van der Waals surface area contributed by atoms with Crippen LogP contribution in [0, 0.1) is 0 Å². The molecule has 0 amide bonds. The maximum atomic E-state index is 11.5. The van der Waals surface area contributed by atoms with E-state index in [1.54, 1.807) is 0 Å². The lowest BCUT2D eigenvalue weighted by molar-refractivity contribution is -0.152. The van der Waals surface area contributed by atoms with Crippen molar-refractivity contribution in [1.29, 1.82) is 0 Å². The molecule has 0 fully saturated rings. The van der Waals surface area contributed by atoms with E-state index in [2.05, 4.69) is 4.79 Å². The minimum atomic E-state index is -4.44. The summed E-state index contributed by atoms with van der Waals surface area (Å²) in [4.78, 5) is 13.0. The fourth-order valence-electron chi connectivity index (χ4n) is 0.595. The minimum absolute atomic E-state index is 0.0331. The van der Waals surface area contributed by atoms with Gasteiger partial charge in [-0.3, -0.25) is 4.79 Å². The van der Waals surface area contributed by atoms with E-state index in [0.29, 0.717) is 0 Å². The maximum absolute atomic E-state index is 11.5. The molecule has 0 aliphatic heterocycles. The average molecular weight is 180 g/mol. The third-order valence-electron chi connectivity index (χ3n) is 1.03. The molecule has 6 heteroatoms. The lowest BCUT2D eigenvalue weighted by atomic mass is 10.2. The van der Waals surface area contributed by atoms with Crippen LogP contribution in [0.3, 0.4) is 0 Å². The highest BCUT2D eigenvalue weighted by molar-refractivity contribution is 5.80. The van der Waals surface area contributed by atoms with Crippen LogP contribution in [0.1, 0.15) is 19.3 Å². The predicted octanol–water partition coefficient (Wildman–Crippen LogP) is 1.59. The molecular formula is C6H7F3N2O. The molecule has 68 valence electrons. The summed E-state index contributed by atoms with van der Waals surface area (Å²) in [6.45, 7) is 0. The van der Waals surface area contributed by atoms with Gasteiger partial charge in [-0.05, 0) is 0 Å². The summed E-state index contributed by atoms with van der Waals surface area (Å²) >= 11 is 0. The summed E-state index contributed by atoms with van der Waals surface area (Å²) < 4.78 is 34.5. The molecule has 0 heterocycles. The number of rotatable bonds is 4. The van der Waals surface area contributed by atoms with Crippen molar-refractivity contribution in [3.8, 4) is 0 Å². The molecule has 3 nitrogen and oxygen atoms in total. The van der Waals surface area contributed by atoms with Gasteiger partial charge in [0.1, 0.15) is 12.2 Å². The molecule has 0 aromatic heterocycles. The van der Waals surface area contributed by atoms with Gasteiger partial charge < -0.3 is 5.53 Å². The first-order valence-electron chi connectivity index (χ1n) is 3.20. The molecule has 0 bridgehead atoms. The van der Waals surface area contributed by atoms with Crippen molar-refractivity contribution < 1.29 is 22.8 Å². The molecule has 0 unspecified atom stereocenters. The Morgan fingerprint density at radius 1 is 1.50 bits per heavy atom. The number of hydrogen-bond donors (Lipinski definition) is 0. The summed E-state index contributed by atoms with van der Waals surface area (Å²) in [6.07, 6.45) is -5.08. The zero-order chi connectivity index (χ0) is 9.61. The summed E-state index contributed by atoms with van der Waals surface area (Å²) in [7, 11) is 0. The number of nitrogens with zero attached hydrogens (tertiary/aromatic N) is 2. The van der Waals surface area contributed by atoms with Gasteiger partial charge in [-0.25, -0.2) is 0 Å². The third kappa shape index (κ3) is 6.95. The summed E-state index contributed by atoms with van der Waals surface area (Å²) in [5, 5.41) is 0. The van der Waals surface area contributed by atoms with E-state index >= 15 is 0 Å². The Balaban J connectivity index is 3.68. The molecule has 0 radical (unpaired) electrons. The first-order chi connectivity index (χ1) is 5.45. The van der Waals surface area contributed by atoms with E-state index < -0.39 is 18.4 Å². The molecule has 0 spiro atoms. The highest BCUT2D eigenvalue weighted by Gasteiger charge is 2.30. The number of carbonyl (C=O) groups is 1. The van der Waals surface area contributed by atoms with Crippen LogP contribution in [0.2, 0.25) is 0 Å². The van der Waals surface area contributed by atoms with Gasteiger partial charge in [0.05, 0.1) is 0 Å². The lowest BCUT2D eigenvalue weighted by Gasteiger charge is -2.02. The Hall–Kier alpha value is -1.16. The summed E-state index contributed by atoms with van der Waals surface area (Å²) in [6, 6.07) is 0. The fraction of sp³-hybridized carbons (Fsp3) is 0.667. The molecule has 0 atom stereocenters. The first kappa shape index (κ1) is 10.8. The highest BCUT2D eigenvalue weighted by atomic mass is 19.4. The second-order valence-corrected chi connectivity index (χ2v) is 2.17. The van der Waals surface area contributed by atoms with Crippen molar-refractivity contribution in [2.45, 2.75) is 25.4 Å². The van der Waals surface area contributed by atoms with Gasteiger partial charge in [-0.2, -0.15) is 18.0 Å². The molecule has 0 N–H and O–H groups in total. The van der Waals surface area contributed by atoms with E-state index in [1.807, 2.05) is 0 Å². The SMILES string of the molecule is [N-]=[N+]=CCCC(=O)CC(F)(F)F. The van der Waals surface area contributed by atoms with E-state index in [1.165, 1.54) is 0 Å². The third-order valence-corrected chi connectivity index (χ3v) is 1.03. The highest BCUT2D eigenvalue weighted by Crippen LogP contribution is 2.20. The number of halogens is 3. The smallest absolute Gasteiger partial charge is 0.362 e. The monoisotopic (exact) mass is 180 g/mol. The normalized spacial score (nSPS) is 10.6. The van der Waals surface area contributed by atoms with Gasteiger partial charge in [0.25, 0.3) is 6.21 Å². The number of carbonyl (C=O) groups excluding carboxylic acids is 1. The Labute approximate surface area is 66.8 Å². The second-order valence-electron chi connectivity index (χ2n) is 2.17. The van der Waals surface area contributed by atoms with Crippen LogP contribution in [0.15, 0.2) is 0 Å². The van der Waals surface area contributed by atoms with Gasteiger partial charge in [-0.15, -0.1) is 0 Å². The quantitative estimate of drug-likeness (QED) is 0.368. The van der Waals surface area contributed by atoms with Gasteiger partial charge in [-0.1, -0.05) is 0 Å². The zero-order valence-electron chi connectivity index (χ0n) is 6.14. The zero-order valence-corrected chi connectivity index (χ0v) is 6.14. The Kier molecular flexibility index (Phi) is 4.21. The summed E-state index contributed by atoms with van der Waals surface area (Å²) in [5.74, 6) is -0.901. The lowest BCUT2D eigenvalue weighted by Crippen LogP contribution is -2.14. The van der Waals surface area contributed by atoms with Crippen molar-refractivity contribution >= 4 is 12.0 Å². The Morgan fingerprint density at radius 3 is 2.50 bits per heavy atom. The van der Waals surface area contributed by atoms with E-state index in [4.69, 9.17) is 5.53 Å². The number of hydrogen-bond acceptors (Lipinski definition) is 1. The van der Waals surface area contributed by atoms with Crippen molar-refractivity contribution in [3.63, 3.8) is 0 Å². The van der Waals surface area contributed by atoms with E-state index in [-0.39, 0.29) is 12.8 Å². The van der Waals surface area contributed by atoms with Crippen LogP contribution in [0.5, 0.6) is 0 Å². The Bertz CT molecular complexity index is 205. The predicted molar refractivity (Wildman–Crippen MR) is 34.6 cm³/mol. The molecular weight excluding hydrogens is 173 g/mol. The number of ketones is 1. The van der Waals surface area contributed by atoms with Gasteiger partial charge in [0.15, 0.2) is 0 Å². The molecule has 0 aliphatic rings. The van der Waals surface area contributed by atoms with Crippen molar-refractivity contribution in [3.05, 3.63) is 5.53 Å². The maximum Gasteiger partial charge on any atom is 0.395 e. The van der Waals surface area contributed by atoms with E-state index in [0.717, 1.165) is 6.21 Å². The Morgan fingerprint density at radius 2 is 2.08 bits per heavy atom. The van der Waals surface area contributed by atoms with Crippen molar-refractivity contribution in [1.82, 2.24) is 0 Å². The van der Waals surface area contributed by atoms with Crippen molar-refractivity contribution in [2.24, 2.45) is 0 Å². The number of Topliss-reactive ketones (excluding diaryl/α,β-unsaturated/α-hetero) is 1. The van der Waals surface area contributed by atoms with Crippen LogP contribution in [-0.2, 0) is 4.79 Å². The van der Waals surface area contributed by atoms with Gasteiger partial charge in [0.2, 0.25) is 0 Å². The van der Waals surface area contributed by atoms with E-state index in [9.17, 15) is 18.0 Å². The van der Waals surface area contributed by atoms with Gasteiger partial charge in [0, 0.05) is 12.8 Å². The van der Waals surface area contributed by atoms with Crippen LogP contribution in [-0.4, -0.2) is 23.0 Å². The van der Waals surface area contributed by atoms with Crippen LogP contribution in [0.4, 0.5) is 13.2 Å². The second kappa shape index (κ2) is 4.66.